The molecule has 10 heteroatoms. The van der Waals surface area contributed by atoms with Gasteiger partial charge in [-0.15, -0.1) is 0 Å². The molecule has 10 nitrogen and oxygen atoms in total. The van der Waals surface area contributed by atoms with Crippen LogP contribution in [0.25, 0.3) is 5.65 Å². The molecule has 1 aliphatic heterocycles. The normalized spacial score (nSPS) is 14.5. The van der Waals surface area contributed by atoms with Crippen molar-refractivity contribution >= 4 is 29.0 Å². The fourth-order valence-corrected chi connectivity index (χ4v) is 4.55. The number of likely N-dealkylation sites (tertiary alicyclic amines) is 1. The minimum Gasteiger partial charge on any atom is -0.424 e. The number of piperidine rings is 1. The average Bonchev–Trinajstić information content (AvgIpc) is 3.36. The van der Waals surface area contributed by atoms with Crippen molar-refractivity contribution < 1.29 is 9.53 Å². The Labute approximate surface area is 215 Å². The van der Waals surface area contributed by atoms with Gasteiger partial charge in [-0.2, -0.15) is 19.6 Å². The minimum absolute atomic E-state index is 0.224. The molecule has 5 rings (SSSR count). The number of rotatable bonds is 7. The summed E-state index contributed by atoms with van der Waals surface area (Å²) in [4.78, 5) is 28.1. The van der Waals surface area contributed by atoms with Crippen molar-refractivity contribution in [1.82, 2.24) is 29.5 Å². The van der Waals surface area contributed by atoms with E-state index in [4.69, 9.17) is 9.72 Å². The largest absolute Gasteiger partial charge is 0.424 e. The molecule has 0 saturated carbocycles. The maximum Gasteiger partial charge on any atom is 0.328 e. The number of carbonyl (C=O) groups excluding carboxylic acids is 1. The molecule has 0 spiro atoms. The van der Waals surface area contributed by atoms with Crippen molar-refractivity contribution in [3.05, 3.63) is 72.1 Å². The first-order valence-corrected chi connectivity index (χ1v) is 12.3. The van der Waals surface area contributed by atoms with E-state index < -0.39 is 0 Å². The molecule has 1 aromatic carbocycles. The van der Waals surface area contributed by atoms with Crippen LogP contribution in [0.2, 0.25) is 0 Å². The molecule has 4 heterocycles. The molecule has 37 heavy (non-hydrogen) atoms. The number of carbonyl (C=O) groups is 1. The third-order valence-corrected chi connectivity index (χ3v) is 6.55. The van der Waals surface area contributed by atoms with Crippen molar-refractivity contribution in [2.75, 3.05) is 30.8 Å². The molecule has 0 bridgehead atoms. The quantitative estimate of drug-likeness (QED) is 0.356. The summed E-state index contributed by atoms with van der Waals surface area (Å²) in [6.45, 7) is 9.80. The van der Waals surface area contributed by atoms with Crippen molar-refractivity contribution in [1.29, 1.82) is 0 Å². The predicted octanol–water partition coefficient (Wildman–Crippen LogP) is 4.61. The number of aromatic nitrogens is 5. The number of hydrogen-bond donors (Lipinski definition) is 2. The van der Waals surface area contributed by atoms with Crippen LogP contribution in [-0.4, -0.2) is 55.5 Å². The second kappa shape index (κ2) is 10.4. The van der Waals surface area contributed by atoms with Crippen molar-refractivity contribution in [2.24, 2.45) is 0 Å². The fourth-order valence-electron chi connectivity index (χ4n) is 4.55. The monoisotopic (exact) mass is 498 g/mol. The van der Waals surface area contributed by atoms with Gasteiger partial charge in [0, 0.05) is 23.5 Å². The van der Waals surface area contributed by atoms with Gasteiger partial charge in [-0.1, -0.05) is 18.7 Å². The maximum atomic E-state index is 11.7. The lowest BCUT2D eigenvalue weighted by Crippen LogP contribution is -2.29. The van der Waals surface area contributed by atoms with Crippen LogP contribution in [0.5, 0.6) is 11.8 Å². The van der Waals surface area contributed by atoms with Crippen LogP contribution in [0.1, 0.15) is 35.6 Å². The summed E-state index contributed by atoms with van der Waals surface area (Å²) in [7, 11) is 2.17. The van der Waals surface area contributed by atoms with Gasteiger partial charge in [0.2, 0.25) is 11.9 Å². The van der Waals surface area contributed by atoms with E-state index in [1.54, 1.807) is 36.5 Å². The van der Waals surface area contributed by atoms with E-state index in [2.05, 4.69) is 57.2 Å². The van der Waals surface area contributed by atoms with E-state index in [-0.39, 0.29) is 11.9 Å². The smallest absolute Gasteiger partial charge is 0.328 e. The number of hydrogen-bond acceptors (Lipinski definition) is 8. The molecule has 190 valence electrons. The van der Waals surface area contributed by atoms with Crippen LogP contribution in [0.15, 0.2) is 55.3 Å². The van der Waals surface area contributed by atoms with Crippen molar-refractivity contribution in [3.8, 4) is 11.8 Å². The number of pyridine rings is 1. The van der Waals surface area contributed by atoms with E-state index in [0.717, 1.165) is 37.2 Å². The highest BCUT2D eigenvalue weighted by atomic mass is 16.5. The molecule has 0 aliphatic carbocycles. The van der Waals surface area contributed by atoms with Gasteiger partial charge in [-0.05, 0) is 82.1 Å². The highest BCUT2D eigenvalue weighted by Gasteiger charge is 2.22. The van der Waals surface area contributed by atoms with Gasteiger partial charge >= 0.3 is 6.01 Å². The third kappa shape index (κ3) is 5.44. The summed E-state index contributed by atoms with van der Waals surface area (Å²) in [5, 5.41) is 10.3. The van der Waals surface area contributed by atoms with E-state index in [0.29, 0.717) is 34.8 Å². The molecular weight excluding hydrogens is 468 g/mol. The van der Waals surface area contributed by atoms with E-state index in [9.17, 15) is 4.79 Å². The van der Waals surface area contributed by atoms with Crippen molar-refractivity contribution in [3.63, 3.8) is 0 Å². The van der Waals surface area contributed by atoms with Crippen LogP contribution in [0.4, 0.5) is 17.5 Å². The van der Waals surface area contributed by atoms with Crippen LogP contribution in [0, 0.1) is 13.8 Å². The Hall–Kier alpha value is -4.31. The molecule has 1 saturated heterocycles. The SMILES string of the molecule is C=CC(=O)Nc1cccc(Oc2nc(Nc3nc(C)c(C4CCN(C)CC4)cc3C)nc3ccnn23)c1. The summed E-state index contributed by atoms with van der Waals surface area (Å²) >= 11 is 0. The Kier molecular flexibility index (Phi) is 6.82. The summed E-state index contributed by atoms with van der Waals surface area (Å²) < 4.78 is 7.56. The Morgan fingerprint density at radius 2 is 1.95 bits per heavy atom. The highest BCUT2D eigenvalue weighted by Crippen LogP contribution is 2.32. The number of amides is 1. The fraction of sp³-hybridized carbons (Fsp3) is 0.296. The molecule has 1 fully saturated rings. The Bertz CT molecular complexity index is 1460. The highest BCUT2D eigenvalue weighted by molar-refractivity contribution is 5.98. The minimum atomic E-state index is -0.305. The van der Waals surface area contributed by atoms with Gasteiger partial charge in [-0.3, -0.25) is 4.79 Å². The second-order valence-corrected chi connectivity index (χ2v) is 9.29. The van der Waals surface area contributed by atoms with Gasteiger partial charge < -0.3 is 20.3 Å². The van der Waals surface area contributed by atoms with E-state index in [1.807, 2.05) is 6.92 Å². The molecule has 3 aromatic heterocycles. The zero-order chi connectivity index (χ0) is 25.9. The zero-order valence-electron chi connectivity index (χ0n) is 21.2. The van der Waals surface area contributed by atoms with Crippen LogP contribution in [-0.2, 0) is 4.79 Å². The maximum absolute atomic E-state index is 11.7. The predicted molar refractivity (Wildman–Crippen MR) is 143 cm³/mol. The van der Waals surface area contributed by atoms with Crippen LogP contribution < -0.4 is 15.4 Å². The number of fused-ring (bicyclic) bond motifs is 1. The summed E-state index contributed by atoms with van der Waals surface area (Å²) in [5.74, 6) is 1.76. The summed E-state index contributed by atoms with van der Waals surface area (Å²) in [6.07, 6.45) is 5.13. The molecule has 4 aromatic rings. The van der Waals surface area contributed by atoms with E-state index in [1.165, 1.54) is 16.2 Å². The van der Waals surface area contributed by atoms with Gasteiger partial charge in [-0.25, -0.2) is 4.98 Å². The van der Waals surface area contributed by atoms with Gasteiger partial charge in [0.15, 0.2) is 5.65 Å². The van der Waals surface area contributed by atoms with Crippen LogP contribution in [0.3, 0.4) is 0 Å². The lowest BCUT2D eigenvalue weighted by atomic mass is 9.88. The topological polar surface area (TPSA) is 110 Å². The van der Waals surface area contributed by atoms with Crippen molar-refractivity contribution in [2.45, 2.75) is 32.6 Å². The molecule has 0 radical (unpaired) electrons. The summed E-state index contributed by atoms with van der Waals surface area (Å²) in [5.41, 5.74) is 4.51. The lowest BCUT2D eigenvalue weighted by molar-refractivity contribution is -0.111. The third-order valence-electron chi connectivity index (χ3n) is 6.55. The molecular formula is C27H30N8O2. The lowest BCUT2D eigenvalue weighted by Gasteiger charge is -2.30. The number of nitrogens with one attached hydrogen (secondary N) is 2. The van der Waals surface area contributed by atoms with Gasteiger partial charge in [0.1, 0.15) is 11.6 Å². The number of anilines is 3. The Balaban J connectivity index is 1.41. The number of ether oxygens (including phenoxy) is 1. The summed E-state index contributed by atoms with van der Waals surface area (Å²) in [6, 6.07) is 11.2. The Morgan fingerprint density at radius 1 is 1.14 bits per heavy atom. The number of nitrogens with zero attached hydrogens (tertiary/aromatic N) is 6. The first-order valence-electron chi connectivity index (χ1n) is 12.3. The number of aryl methyl sites for hydroxylation is 2. The zero-order valence-corrected chi connectivity index (χ0v) is 21.2. The molecule has 1 amide bonds. The van der Waals surface area contributed by atoms with Gasteiger partial charge in [0.25, 0.3) is 0 Å². The van der Waals surface area contributed by atoms with Gasteiger partial charge in [0.05, 0.1) is 6.20 Å². The first kappa shape index (κ1) is 24.4. The molecule has 0 atom stereocenters. The molecule has 2 N–H and O–H groups in total. The van der Waals surface area contributed by atoms with Crippen LogP contribution >= 0.6 is 0 Å². The second-order valence-electron chi connectivity index (χ2n) is 9.29. The molecule has 1 aliphatic rings. The first-order chi connectivity index (χ1) is 17.9. The average molecular weight is 499 g/mol. The van der Waals surface area contributed by atoms with E-state index >= 15 is 0 Å². The standard InChI is InChI=1S/C27H30N8O2/c1-5-24(36)30-20-7-6-8-21(16-20)37-27-33-26(31-23-9-12-28-35(23)27)32-25-17(2)15-22(18(3)29-25)19-10-13-34(4)14-11-19/h5-9,12,15-16,19H,1,10-11,13-14H2,2-4H3,(H,30,36)(H,29,31,32). The number of benzene rings is 1. The Morgan fingerprint density at radius 3 is 2.73 bits per heavy atom. The molecule has 0 unspecified atom stereocenters.